The molecule has 0 N–H and O–H groups in total. The van der Waals surface area contributed by atoms with Crippen molar-refractivity contribution in [2.75, 3.05) is 0 Å². The summed E-state index contributed by atoms with van der Waals surface area (Å²) in [7, 11) is 0. The summed E-state index contributed by atoms with van der Waals surface area (Å²) >= 11 is 0. The zero-order chi connectivity index (χ0) is 12.6. The Morgan fingerprint density at radius 3 is 2.59 bits per heavy atom. The molecule has 17 heavy (non-hydrogen) atoms. The molecule has 0 saturated carbocycles. The van der Waals surface area contributed by atoms with Crippen LogP contribution in [0.4, 0.5) is 0 Å². The molecule has 88 valence electrons. The minimum Gasteiger partial charge on any atom is -0.259 e. The first-order valence-corrected chi connectivity index (χ1v) is 5.59. The van der Waals surface area contributed by atoms with Crippen LogP contribution in [0.1, 0.15) is 26.7 Å². The Morgan fingerprint density at radius 1 is 1.41 bits per heavy atom. The van der Waals surface area contributed by atoms with Crippen molar-refractivity contribution in [1.29, 1.82) is 0 Å². The largest absolute Gasteiger partial charge is 0.259 e. The summed E-state index contributed by atoms with van der Waals surface area (Å²) < 4.78 is 0. The molecular formula is C14H15NO2. The molecule has 0 spiro atoms. The smallest absolute Gasteiger partial charge is 0.250 e. The Bertz CT molecular complexity index is 530. The molecule has 0 atom stereocenters. The van der Waals surface area contributed by atoms with Gasteiger partial charge in [0.2, 0.25) is 5.70 Å². The van der Waals surface area contributed by atoms with Gasteiger partial charge < -0.3 is 0 Å². The van der Waals surface area contributed by atoms with Crippen LogP contribution in [0.15, 0.2) is 58.4 Å². The Labute approximate surface area is 101 Å². The van der Waals surface area contributed by atoms with Crippen molar-refractivity contribution in [1.82, 2.24) is 0 Å². The maximum absolute atomic E-state index is 10.6. The summed E-state index contributed by atoms with van der Waals surface area (Å²) in [5, 5.41) is 10.6. The van der Waals surface area contributed by atoms with Gasteiger partial charge in [0.15, 0.2) is 0 Å². The maximum atomic E-state index is 10.6. The van der Waals surface area contributed by atoms with E-state index in [0.717, 1.165) is 17.6 Å². The van der Waals surface area contributed by atoms with Gasteiger partial charge in [-0.15, -0.1) is 0 Å². The summed E-state index contributed by atoms with van der Waals surface area (Å²) in [4.78, 5) is 10.3. The first-order chi connectivity index (χ1) is 7.99. The van der Waals surface area contributed by atoms with Crippen molar-refractivity contribution in [2.24, 2.45) is 0 Å². The number of nitro groups is 1. The quantitative estimate of drug-likeness (QED) is 0.547. The van der Waals surface area contributed by atoms with Crippen LogP contribution < -0.4 is 0 Å². The summed E-state index contributed by atoms with van der Waals surface area (Å²) in [6.07, 6.45) is 6.80. The Morgan fingerprint density at radius 2 is 2.12 bits per heavy atom. The molecule has 0 amide bonds. The van der Waals surface area contributed by atoms with Gasteiger partial charge in [-0.3, -0.25) is 10.1 Å². The second-order valence-corrected chi connectivity index (χ2v) is 4.55. The Hall–Kier alpha value is -1.90. The van der Waals surface area contributed by atoms with Gasteiger partial charge in [0.1, 0.15) is 0 Å². The average molecular weight is 229 g/mol. The van der Waals surface area contributed by atoms with Crippen LogP contribution in [0, 0.1) is 10.1 Å². The van der Waals surface area contributed by atoms with Crippen molar-refractivity contribution in [3.8, 4) is 0 Å². The Balaban J connectivity index is 2.09. The lowest BCUT2D eigenvalue weighted by Crippen LogP contribution is -1.97. The minimum atomic E-state index is -0.305. The third kappa shape index (κ3) is 2.13. The Kier molecular flexibility index (Phi) is 2.84. The zero-order valence-electron chi connectivity index (χ0n) is 10.1. The van der Waals surface area contributed by atoms with Crippen molar-refractivity contribution in [3.05, 3.63) is 68.5 Å². The van der Waals surface area contributed by atoms with Crippen LogP contribution in [-0.4, -0.2) is 4.92 Å². The van der Waals surface area contributed by atoms with Crippen LogP contribution in [-0.2, 0) is 0 Å². The lowest BCUT2D eigenvalue weighted by Gasteiger charge is -2.07. The van der Waals surface area contributed by atoms with Crippen LogP contribution >= 0.6 is 0 Å². The third-order valence-corrected chi connectivity index (χ3v) is 3.36. The molecular weight excluding hydrogens is 214 g/mol. The molecule has 0 unspecified atom stereocenters. The average Bonchev–Trinajstić information content (AvgIpc) is 2.80. The predicted molar refractivity (Wildman–Crippen MR) is 68.0 cm³/mol. The molecule has 3 heteroatoms. The van der Waals surface area contributed by atoms with E-state index < -0.39 is 0 Å². The molecule has 0 saturated heterocycles. The van der Waals surface area contributed by atoms with Gasteiger partial charge in [-0.2, -0.15) is 0 Å². The predicted octanol–water partition coefficient (Wildman–Crippen LogP) is 3.70. The summed E-state index contributed by atoms with van der Waals surface area (Å²) in [6, 6.07) is 0. The number of hydrogen-bond donors (Lipinski definition) is 0. The summed E-state index contributed by atoms with van der Waals surface area (Å²) in [5.74, 6) is 0. The molecule has 2 rings (SSSR count). The molecule has 0 aliphatic heterocycles. The number of nitrogens with zero attached hydrogens (tertiary/aromatic N) is 1. The fourth-order valence-electron chi connectivity index (χ4n) is 2.26. The molecule has 0 aromatic rings. The normalized spacial score (nSPS) is 19.4. The molecule has 0 aromatic carbocycles. The highest BCUT2D eigenvalue weighted by Gasteiger charge is 2.21. The molecule has 0 heterocycles. The maximum Gasteiger partial charge on any atom is 0.250 e. The van der Waals surface area contributed by atoms with E-state index in [1.54, 1.807) is 6.08 Å². The van der Waals surface area contributed by atoms with E-state index in [9.17, 15) is 10.1 Å². The molecule has 0 aromatic heterocycles. The van der Waals surface area contributed by atoms with Crippen molar-refractivity contribution in [3.63, 3.8) is 0 Å². The molecule has 3 nitrogen and oxygen atoms in total. The van der Waals surface area contributed by atoms with Crippen LogP contribution in [0.5, 0.6) is 0 Å². The highest BCUT2D eigenvalue weighted by Crippen LogP contribution is 2.35. The number of hydrogen-bond acceptors (Lipinski definition) is 2. The van der Waals surface area contributed by atoms with E-state index in [2.05, 4.69) is 26.5 Å². The number of allylic oxidation sites excluding steroid dienone is 8. The van der Waals surface area contributed by atoms with Gasteiger partial charge in [0.25, 0.3) is 0 Å². The molecule has 2 aliphatic rings. The van der Waals surface area contributed by atoms with Crippen LogP contribution in [0.25, 0.3) is 0 Å². The van der Waals surface area contributed by atoms with Gasteiger partial charge in [0, 0.05) is 6.08 Å². The molecule has 0 radical (unpaired) electrons. The van der Waals surface area contributed by atoms with E-state index in [4.69, 9.17) is 0 Å². The molecule has 2 aliphatic carbocycles. The lowest BCUT2D eigenvalue weighted by atomic mass is 9.97. The first-order valence-electron chi connectivity index (χ1n) is 5.59. The van der Waals surface area contributed by atoms with Crippen molar-refractivity contribution < 1.29 is 4.92 Å². The van der Waals surface area contributed by atoms with Crippen molar-refractivity contribution in [2.45, 2.75) is 26.7 Å². The fraction of sp³-hybridized carbons (Fsp3) is 0.286. The van der Waals surface area contributed by atoms with Gasteiger partial charge in [-0.1, -0.05) is 24.3 Å². The summed E-state index contributed by atoms with van der Waals surface area (Å²) in [5.41, 5.74) is 6.14. The molecule has 0 bridgehead atoms. The third-order valence-electron chi connectivity index (χ3n) is 3.36. The highest BCUT2D eigenvalue weighted by molar-refractivity contribution is 5.57. The summed E-state index contributed by atoms with van der Waals surface area (Å²) in [6.45, 7) is 8.10. The zero-order valence-corrected chi connectivity index (χ0v) is 10.1. The monoisotopic (exact) mass is 229 g/mol. The molecule has 0 fully saturated rings. The standard InChI is InChI=1S/C14H15NO2/c1-9-6-10(2)14(11(9)3)8-12-4-5-13(7-12)15(16)17/h4-6H,1,7-8H2,2-3H3. The first kappa shape index (κ1) is 11.6. The number of rotatable bonds is 3. The highest BCUT2D eigenvalue weighted by atomic mass is 16.6. The second kappa shape index (κ2) is 4.17. The van der Waals surface area contributed by atoms with E-state index in [1.807, 2.05) is 6.08 Å². The van der Waals surface area contributed by atoms with Crippen LogP contribution in [0.3, 0.4) is 0 Å². The van der Waals surface area contributed by atoms with E-state index >= 15 is 0 Å². The van der Waals surface area contributed by atoms with Gasteiger partial charge >= 0.3 is 0 Å². The van der Waals surface area contributed by atoms with Gasteiger partial charge in [0.05, 0.1) is 11.3 Å². The topological polar surface area (TPSA) is 43.1 Å². The lowest BCUT2D eigenvalue weighted by molar-refractivity contribution is -0.426. The minimum absolute atomic E-state index is 0.289. The van der Waals surface area contributed by atoms with E-state index in [-0.39, 0.29) is 10.6 Å². The van der Waals surface area contributed by atoms with E-state index in [0.29, 0.717) is 6.42 Å². The van der Waals surface area contributed by atoms with E-state index in [1.165, 1.54) is 16.7 Å². The van der Waals surface area contributed by atoms with Gasteiger partial charge in [-0.05, 0) is 42.6 Å². The second-order valence-electron chi connectivity index (χ2n) is 4.55. The van der Waals surface area contributed by atoms with Crippen molar-refractivity contribution >= 4 is 0 Å². The SMILES string of the molecule is C=C1C=C(C)C(CC2=CC=C([N+](=O)[O-])C2)=C1C. The van der Waals surface area contributed by atoms with Crippen LogP contribution in [0.2, 0.25) is 0 Å². The van der Waals surface area contributed by atoms with Gasteiger partial charge in [-0.25, -0.2) is 0 Å². The fourth-order valence-corrected chi connectivity index (χ4v) is 2.26.